The van der Waals surface area contributed by atoms with Crippen LogP contribution in [-0.2, 0) is 11.3 Å². The first kappa shape index (κ1) is 17.3. The van der Waals surface area contributed by atoms with Gasteiger partial charge in [-0.15, -0.1) is 0 Å². The number of carbonyl (C=O) groups excluding carboxylic acids is 1. The molecule has 0 aliphatic carbocycles. The predicted octanol–water partition coefficient (Wildman–Crippen LogP) is 4.34. The van der Waals surface area contributed by atoms with E-state index in [4.69, 9.17) is 9.15 Å². The first-order valence-corrected chi connectivity index (χ1v) is 9.01. The summed E-state index contributed by atoms with van der Waals surface area (Å²) >= 11 is 0. The first-order chi connectivity index (χ1) is 13.2. The number of hydrogen-bond donors (Lipinski definition) is 2. The number of imidazole rings is 1. The van der Waals surface area contributed by atoms with Crippen molar-refractivity contribution in [3.8, 4) is 0 Å². The van der Waals surface area contributed by atoms with Crippen molar-refractivity contribution in [3.63, 3.8) is 0 Å². The van der Waals surface area contributed by atoms with Gasteiger partial charge < -0.3 is 19.5 Å². The van der Waals surface area contributed by atoms with Crippen LogP contribution in [0.15, 0.2) is 52.9 Å². The second kappa shape index (κ2) is 7.25. The Hall–Kier alpha value is -3.12. The molecule has 0 aliphatic rings. The number of fused-ring (bicyclic) bond motifs is 2. The van der Waals surface area contributed by atoms with E-state index in [0.29, 0.717) is 24.6 Å². The summed E-state index contributed by atoms with van der Waals surface area (Å²) in [7, 11) is 0. The van der Waals surface area contributed by atoms with Gasteiger partial charge in [0, 0.05) is 17.6 Å². The van der Waals surface area contributed by atoms with E-state index < -0.39 is 0 Å². The molecule has 2 aromatic carbocycles. The summed E-state index contributed by atoms with van der Waals surface area (Å²) in [6.45, 7) is 4.71. The smallest absolute Gasteiger partial charge is 0.288 e. The number of rotatable bonds is 6. The number of aromatic nitrogens is 2. The van der Waals surface area contributed by atoms with Gasteiger partial charge in [-0.3, -0.25) is 4.79 Å². The molecule has 1 atom stereocenters. The second-order valence-electron chi connectivity index (χ2n) is 6.38. The van der Waals surface area contributed by atoms with Gasteiger partial charge in [0.05, 0.1) is 23.7 Å². The maximum atomic E-state index is 12.9. The number of nitrogens with one attached hydrogen (secondary N) is 2. The highest BCUT2D eigenvalue weighted by Gasteiger charge is 2.23. The summed E-state index contributed by atoms with van der Waals surface area (Å²) in [5.74, 6) is 0.702. The monoisotopic (exact) mass is 363 g/mol. The van der Waals surface area contributed by atoms with Crippen LogP contribution in [-0.4, -0.2) is 22.5 Å². The zero-order valence-corrected chi connectivity index (χ0v) is 15.3. The fraction of sp³-hybridized carbons (Fsp3) is 0.238. The summed E-state index contributed by atoms with van der Waals surface area (Å²) in [5.41, 5.74) is 3.25. The van der Waals surface area contributed by atoms with Gasteiger partial charge in [0.1, 0.15) is 11.4 Å². The van der Waals surface area contributed by atoms with Crippen molar-refractivity contribution in [2.75, 3.05) is 6.61 Å². The molecule has 2 N–H and O–H groups in total. The van der Waals surface area contributed by atoms with E-state index in [-0.39, 0.29) is 17.7 Å². The number of aromatic amines is 1. The Labute approximate surface area is 156 Å². The molecule has 1 unspecified atom stereocenters. The van der Waals surface area contributed by atoms with Crippen molar-refractivity contribution in [2.45, 2.75) is 26.5 Å². The third-order valence-corrected chi connectivity index (χ3v) is 4.52. The standard InChI is InChI=1S/C21H21N3O3/c1-3-26-12-15-14-8-4-7-11-18(14)27-19(15)21(25)22-13(2)20-23-16-9-5-6-10-17(16)24-20/h4-11,13H,3,12H2,1-2H3,(H,22,25)(H,23,24). The summed E-state index contributed by atoms with van der Waals surface area (Å²) in [6.07, 6.45) is 0. The van der Waals surface area contributed by atoms with Crippen LogP contribution in [0, 0.1) is 0 Å². The van der Waals surface area contributed by atoms with E-state index in [1.54, 1.807) is 0 Å². The molecule has 2 heterocycles. The Bertz CT molecular complexity index is 1060. The average molecular weight is 363 g/mol. The van der Waals surface area contributed by atoms with Crippen molar-refractivity contribution in [1.82, 2.24) is 15.3 Å². The Balaban J connectivity index is 1.62. The van der Waals surface area contributed by atoms with Crippen LogP contribution >= 0.6 is 0 Å². The Morgan fingerprint density at radius 2 is 2.00 bits per heavy atom. The number of H-pyrrole nitrogens is 1. The van der Waals surface area contributed by atoms with Crippen LogP contribution in [0.3, 0.4) is 0 Å². The molecule has 1 amide bonds. The molecule has 4 rings (SSSR count). The van der Waals surface area contributed by atoms with Crippen LogP contribution in [0.2, 0.25) is 0 Å². The maximum Gasteiger partial charge on any atom is 0.288 e. The number of amides is 1. The minimum Gasteiger partial charge on any atom is -0.451 e. The Morgan fingerprint density at radius 3 is 2.81 bits per heavy atom. The van der Waals surface area contributed by atoms with Gasteiger partial charge >= 0.3 is 0 Å². The molecule has 0 spiro atoms. The van der Waals surface area contributed by atoms with Crippen LogP contribution in [0.25, 0.3) is 22.0 Å². The fourth-order valence-corrected chi connectivity index (χ4v) is 3.14. The maximum absolute atomic E-state index is 12.9. The highest BCUT2D eigenvalue weighted by molar-refractivity contribution is 5.99. The third-order valence-electron chi connectivity index (χ3n) is 4.52. The SMILES string of the molecule is CCOCc1c(C(=O)NC(C)c2nc3ccccc3[nH]2)oc2ccccc12. The van der Waals surface area contributed by atoms with Gasteiger partial charge in [-0.25, -0.2) is 4.98 Å². The second-order valence-corrected chi connectivity index (χ2v) is 6.38. The van der Waals surface area contributed by atoms with Gasteiger partial charge in [-0.05, 0) is 32.0 Å². The molecule has 2 aromatic heterocycles. The lowest BCUT2D eigenvalue weighted by atomic mass is 10.1. The van der Waals surface area contributed by atoms with Crippen LogP contribution in [0.4, 0.5) is 0 Å². The lowest BCUT2D eigenvalue weighted by Gasteiger charge is -2.11. The highest BCUT2D eigenvalue weighted by atomic mass is 16.5. The van der Waals surface area contributed by atoms with E-state index in [9.17, 15) is 4.79 Å². The van der Waals surface area contributed by atoms with Gasteiger partial charge in [0.25, 0.3) is 5.91 Å². The molecule has 138 valence electrons. The molecule has 0 saturated carbocycles. The number of hydrogen-bond acceptors (Lipinski definition) is 4. The van der Waals surface area contributed by atoms with Crippen molar-refractivity contribution >= 4 is 27.9 Å². The molecular formula is C21H21N3O3. The van der Waals surface area contributed by atoms with E-state index in [2.05, 4.69) is 15.3 Å². The molecule has 0 radical (unpaired) electrons. The topological polar surface area (TPSA) is 80.1 Å². The summed E-state index contributed by atoms with van der Waals surface area (Å²) in [4.78, 5) is 20.7. The number of carbonyl (C=O) groups is 1. The number of nitrogens with zero attached hydrogens (tertiary/aromatic N) is 1. The van der Waals surface area contributed by atoms with E-state index in [1.165, 1.54) is 0 Å². The molecular weight excluding hydrogens is 342 g/mol. The number of benzene rings is 2. The lowest BCUT2D eigenvalue weighted by molar-refractivity contribution is 0.0900. The first-order valence-electron chi connectivity index (χ1n) is 9.01. The minimum absolute atomic E-state index is 0.283. The molecule has 0 saturated heterocycles. The van der Waals surface area contributed by atoms with Crippen molar-refractivity contribution in [2.24, 2.45) is 0 Å². The lowest BCUT2D eigenvalue weighted by Crippen LogP contribution is -2.27. The zero-order chi connectivity index (χ0) is 18.8. The van der Waals surface area contributed by atoms with Gasteiger partial charge in [0.15, 0.2) is 5.76 Å². The molecule has 0 bridgehead atoms. The van der Waals surface area contributed by atoms with Crippen LogP contribution < -0.4 is 5.32 Å². The Morgan fingerprint density at radius 1 is 1.22 bits per heavy atom. The van der Waals surface area contributed by atoms with Crippen molar-refractivity contribution in [3.05, 3.63) is 65.7 Å². The normalized spacial score (nSPS) is 12.5. The Kier molecular flexibility index (Phi) is 4.64. The van der Waals surface area contributed by atoms with Gasteiger partial charge in [-0.2, -0.15) is 0 Å². The summed E-state index contributed by atoms with van der Waals surface area (Å²) in [5, 5.41) is 3.87. The van der Waals surface area contributed by atoms with Crippen LogP contribution in [0.5, 0.6) is 0 Å². The number of para-hydroxylation sites is 3. The molecule has 4 aromatic rings. The number of furan rings is 1. The molecule has 6 heteroatoms. The van der Waals surface area contributed by atoms with E-state index >= 15 is 0 Å². The van der Waals surface area contributed by atoms with Crippen LogP contribution in [0.1, 0.15) is 41.8 Å². The van der Waals surface area contributed by atoms with Gasteiger partial charge in [-0.1, -0.05) is 30.3 Å². The van der Waals surface area contributed by atoms with E-state index in [1.807, 2.05) is 62.4 Å². The third kappa shape index (κ3) is 3.31. The molecule has 27 heavy (non-hydrogen) atoms. The highest BCUT2D eigenvalue weighted by Crippen LogP contribution is 2.27. The molecule has 6 nitrogen and oxygen atoms in total. The summed E-state index contributed by atoms with van der Waals surface area (Å²) < 4.78 is 11.4. The fourth-order valence-electron chi connectivity index (χ4n) is 3.14. The predicted molar refractivity (Wildman–Crippen MR) is 104 cm³/mol. The van der Waals surface area contributed by atoms with E-state index in [0.717, 1.165) is 22.0 Å². The van der Waals surface area contributed by atoms with Gasteiger partial charge in [0.2, 0.25) is 0 Å². The molecule has 0 fully saturated rings. The van der Waals surface area contributed by atoms with Crippen molar-refractivity contribution < 1.29 is 13.9 Å². The molecule has 0 aliphatic heterocycles. The zero-order valence-electron chi connectivity index (χ0n) is 15.3. The quantitative estimate of drug-likeness (QED) is 0.534. The largest absolute Gasteiger partial charge is 0.451 e. The minimum atomic E-state index is -0.293. The summed E-state index contributed by atoms with van der Waals surface area (Å²) in [6, 6.07) is 15.1. The average Bonchev–Trinajstić information content (AvgIpc) is 3.28. The number of ether oxygens (including phenoxy) is 1. The van der Waals surface area contributed by atoms with Crippen molar-refractivity contribution in [1.29, 1.82) is 0 Å².